The van der Waals surface area contributed by atoms with Crippen LogP contribution in [0.15, 0.2) is 42.5 Å². The maximum atomic E-state index is 14.0. The summed E-state index contributed by atoms with van der Waals surface area (Å²) in [5, 5.41) is 0. The van der Waals surface area contributed by atoms with E-state index in [0.29, 0.717) is 50.7 Å². The average Bonchev–Trinajstić information content (AvgIpc) is 3.31. The number of piperidine rings is 1. The average molecular weight is 460 g/mol. The van der Waals surface area contributed by atoms with E-state index < -0.39 is 17.5 Å². The van der Waals surface area contributed by atoms with Crippen LogP contribution in [0.5, 0.6) is 0 Å². The van der Waals surface area contributed by atoms with E-state index in [-0.39, 0.29) is 35.9 Å². The van der Waals surface area contributed by atoms with Gasteiger partial charge in [0.2, 0.25) is 5.91 Å². The number of carbonyl (C=O) groups is 2. The fourth-order valence-electron chi connectivity index (χ4n) is 4.54. The molecule has 176 valence electrons. The Morgan fingerprint density at radius 1 is 1.00 bits per heavy atom. The molecule has 0 radical (unpaired) electrons. The molecule has 0 aromatic heterocycles. The molecule has 0 N–H and O–H groups in total. The summed E-state index contributed by atoms with van der Waals surface area (Å²) in [5.74, 6) is -2.82. The first kappa shape index (κ1) is 23.3. The van der Waals surface area contributed by atoms with Gasteiger partial charge in [-0.15, -0.1) is 0 Å². The Labute approximate surface area is 191 Å². The fraction of sp³-hybridized carbons (Fsp3) is 0.440. The van der Waals surface area contributed by atoms with Crippen molar-refractivity contribution in [3.05, 3.63) is 71.0 Å². The Kier molecular flexibility index (Phi) is 7.33. The Bertz CT molecular complexity index is 1000. The molecule has 0 bridgehead atoms. The van der Waals surface area contributed by atoms with Crippen LogP contribution in [0.4, 0.5) is 13.2 Å². The number of rotatable bonds is 6. The third kappa shape index (κ3) is 5.74. The lowest BCUT2D eigenvalue weighted by atomic mass is 9.94. The lowest BCUT2D eigenvalue weighted by molar-refractivity contribution is -0.139. The number of benzene rings is 2. The predicted molar refractivity (Wildman–Crippen MR) is 116 cm³/mol. The summed E-state index contributed by atoms with van der Waals surface area (Å²) >= 11 is 0. The van der Waals surface area contributed by atoms with Crippen LogP contribution in [0, 0.1) is 23.4 Å². The molecule has 1 atom stereocenters. The molecule has 2 heterocycles. The topological polar surface area (TPSA) is 49.9 Å². The lowest BCUT2D eigenvalue weighted by Crippen LogP contribution is -2.46. The minimum atomic E-state index is -0.893. The zero-order valence-corrected chi connectivity index (χ0v) is 18.3. The Morgan fingerprint density at radius 2 is 1.76 bits per heavy atom. The van der Waals surface area contributed by atoms with E-state index in [0.717, 1.165) is 25.0 Å². The van der Waals surface area contributed by atoms with Gasteiger partial charge in [0, 0.05) is 44.8 Å². The Morgan fingerprint density at radius 3 is 2.42 bits per heavy atom. The quantitative estimate of drug-likeness (QED) is 0.651. The van der Waals surface area contributed by atoms with Crippen molar-refractivity contribution in [1.29, 1.82) is 0 Å². The van der Waals surface area contributed by atoms with Crippen LogP contribution in [0.25, 0.3) is 0 Å². The molecule has 1 unspecified atom stereocenters. The maximum Gasteiger partial charge on any atom is 0.256 e. The zero-order valence-electron chi connectivity index (χ0n) is 18.3. The number of hydrogen-bond acceptors (Lipinski definition) is 3. The SMILES string of the molecule is O=C(c1ccc(F)cc1F)N1CCC(C(=O)N(Cc2cccc(F)c2)CC2CCCO2)CC1. The monoisotopic (exact) mass is 460 g/mol. The van der Waals surface area contributed by atoms with Crippen LogP contribution in [0.2, 0.25) is 0 Å². The van der Waals surface area contributed by atoms with Gasteiger partial charge in [-0.25, -0.2) is 13.2 Å². The summed E-state index contributed by atoms with van der Waals surface area (Å²) < 4.78 is 46.6. The standard InChI is InChI=1S/C25H27F3N2O3/c26-19-4-1-3-17(13-19)15-30(16-21-5-2-12-33-21)24(31)18-8-10-29(11-9-18)25(32)22-7-6-20(27)14-23(22)28/h1,3-4,6-7,13-14,18,21H,2,5,8-12,15-16H2. The van der Waals surface area contributed by atoms with Crippen LogP contribution in [-0.2, 0) is 16.1 Å². The van der Waals surface area contributed by atoms with Gasteiger partial charge in [0.25, 0.3) is 5.91 Å². The van der Waals surface area contributed by atoms with Crippen molar-refractivity contribution in [1.82, 2.24) is 9.80 Å². The molecule has 2 fully saturated rings. The number of amides is 2. The summed E-state index contributed by atoms with van der Waals surface area (Å²) in [7, 11) is 0. The number of likely N-dealkylation sites (tertiary alicyclic amines) is 1. The van der Waals surface area contributed by atoms with Crippen molar-refractivity contribution < 1.29 is 27.5 Å². The lowest BCUT2D eigenvalue weighted by Gasteiger charge is -2.35. The molecule has 5 nitrogen and oxygen atoms in total. The van der Waals surface area contributed by atoms with E-state index in [1.807, 2.05) is 0 Å². The summed E-state index contributed by atoms with van der Waals surface area (Å²) in [5.41, 5.74) is 0.535. The van der Waals surface area contributed by atoms with E-state index in [1.165, 1.54) is 17.0 Å². The van der Waals surface area contributed by atoms with Gasteiger partial charge in [-0.05, 0) is 55.5 Å². The molecule has 2 aliphatic heterocycles. The van der Waals surface area contributed by atoms with E-state index >= 15 is 0 Å². The van der Waals surface area contributed by atoms with Gasteiger partial charge in [-0.2, -0.15) is 0 Å². The minimum Gasteiger partial charge on any atom is -0.376 e. The molecule has 0 spiro atoms. The highest BCUT2D eigenvalue weighted by molar-refractivity contribution is 5.94. The van der Waals surface area contributed by atoms with Crippen molar-refractivity contribution >= 4 is 11.8 Å². The molecular weight excluding hydrogens is 433 g/mol. The molecule has 33 heavy (non-hydrogen) atoms. The number of ether oxygens (including phenoxy) is 1. The van der Waals surface area contributed by atoms with E-state index in [2.05, 4.69) is 0 Å². The smallest absolute Gasteiger partial charge is 0.256 e. The van der Waals surface area contributed by atoms with Crippen molar-refractivity contribution in [2.24, 2.45) is 5.92 Å². The second-order valence-corrected chi connectivity index (χ2v) is 8.67. The molecule has 2 aromatic rings. The third-order valence-electron chi connectivity index (χ3n) is 6.32. The maximum absolute atomic E-state index is 14.0. The molecule has 0 aliphatic carbocycles. The highest BCUT2D eigenvalue weighted by Gasteiger charge is 2.33. The first-order valence-electron chi connectivity index (χ1n) is 11.3. The van der Waals surface area contributed by atoms with Gasteiger partial charge in [-0.3, -0.25) is 9.59 Å². The first-order chi connectivity index (χ1) is 15.9. The summed E-state index contributed by atoms with van der Waals surface area (Å²) in [6.45, 7) is 2.01. The van der Waals surface area contributed by atoms with Crippen molar-refractivity contribution in [2.45, 2.75) is 38.3 Å². The van der Waals surface area contributed by atoms with Crippen LogP contribution < -0.4 is 0 Å². The Balaban J connectivity index is 1.41. The van der Waals surface area contributed by atoms with Crippen LogP contribution in [-0.4, -0.2) is 54.0 Å². The van der Waals surface area contributed by atoms with E-state index in [1.54, 1.807) is 17.0 Å². The van der Waals surface area contributed by atoms with Crippen molar-refractivity contribution in [2.75, 3.05) is 26.2 Å². The minimum absolute atomic E-state index is 0.0365. The van der Waals surface area contributed by atoms with Gasteiger partial charge in [0.1, 0.15) is 17.5 Å². The normalized spacial score (nSPS) is 19.0. The predicted octanol–water partition coefficient (Wildman–Crippen LogP) is 4.16. The molecule has 2 amide bonds. The molecule has 2 aliphatic rings. The molecular formula is C25H27F3N2O3. The summed E-state index contributed by atoms with van der Waals surface area (Å²) in [6, 6.07) is 9.10. The van der Waals surface area contributed by atoms with Crippen molar-refractivity contribution in [3.8, 4) is 0 Å². The van der Waals surface area contributed by atoms with Gasteiger partial charge in [0.15, 0.2) is 0 Å². The fourth-order valence-corrected chi connectivity index (χ4v) is 4.54. The number of halogens is 3. The molecule has 8 heteroatoms. The van der Waals surface area contributed by atoms with E-state index in [9.17, 15) is 22.8 Å². The summed E-state index contributed by atoms with van der Waals surface area (Å²) in [4.78, 5) is 29.3. The molecule has 2 saturated heterocycles. The summed E-state index contributed by atoms with van der Waals surface area (Å²) in [6.07, 6.45) is 2.68. The van der Waals surface area contributed by atoms with Gasteiger partial charge in [-0.1, -0.05) is 12.1 Å². The number of nitrogens with zero attached hydrogens (tertiary/aromatic N) is 2. The van der Waals surface area contributed by atoms with Gasteiger partial charge >= 0.3 is 0 Å². The molecule has 2 aromatic carbocycles. The van der Waals surface area contributed by atoms with Crippen LogP contribution in [0.3, 0.4) is 0 Å². The van der Waals surface area contributed by atoms with Crippen LogP contribution in [0.1, 0.15) is 41.6 Å². The van der Waals surface area contributed by atoms with Crippen LogP contribution >= 0.6 is 0 Å². The second-order valence-electron chi connectivity index (χ2n) is 8.67. The van der Waals surface area contributed by atoms with Gasteiger partial charge < -0.3 is 14.5 Å². The number of carbonyl (C=O) groups excluding carboxylic acids is 2. The van der Waals surface area contributed by atoms with Gasteiger partial charge in [0.05, 0.1) is 11.7 Å². The molecule has 4 rings (SSSR count). The van der Waals surface area contributed by atoms with Crippen molar-refractivity contribution in [3.63, 3.8) is 0 Å². The highest BCUT2D eigenvalue weighted by Crippen LogP contribution is 2.25. The second kappa shape index (κ2) is 10.4. The third-order valence-corrected chi connectivity index (χ3v) is 6.32. The largest absolute Gasteiger partial charge is 0.376 e. The first-order valence-corrected chi connectivity index (χ1v) is 11.3. The Hall–Kier alpha value is -2.87. The highest BCUT2D eigenvalue weighted by atomic mass is 19.1. The van der Waals surface area contributed by atoms with E-state index in [4.69, 9.17) is 4.74 Å². The zero-order chi connectivity index (χ0) is 23.4. The molecule has 0 saturated carbocycles. The number of hydrogen-bond donors (Lipinski definition) is 0.